The van der Waals surface area contributed by atoms with Crippen LogP contribution in [-0.4, -0.2) is 5.11 Å². The second-order valence-electron chi connectivity index (χ2n) is 5.11. The van der Waals surface area contributed by atoms with Crippen molar-refractivity contribution in [2.24, 2.45) is 11.8 Å². The molecule has 1 aromatic carbocycles. The van der Waals surface area contributed by atoms with E-state index in [1.165, 1.54) is 24.8 Å². The van der Waals surface area contributed by atoms with Gasteiger partial charge in [0.1, 0.15) is 5.75 Å². The maximum Gasteiger partial charge on any atom is 0.115 e. The second-order valence-corrected chi connectivity index (χ2v) is 5.11. The van der Waals surface area contributed by atoms with E-state index in [4.69, 9.17) is 0 Å². The van der Waals surface area contributed by atoms with Gasteiger partial charge in [0.05, 0.1) is 0 Å². The van der Waals surface area contributed by atoms with E-state index in [2.05, 4.69) is 20.8 Å². The van der Waals surface area contributed by atoms with Crippen molar-refractivity contribution >= 4 is 0 Å². The predicted molar refractivity (Wildman–Crippen MR) is 69.7 cm³/mol. The molecule has 1 heteroatoms. The number of aromatic hydroxyl groups is 1. The summed E-state index contributed by atoms with van der Waals surface area (Å²) in [6, 6.07) is 7.60. The van der Waals surface area contributed by atoms with Crippen LogP contribution in [-0.2, 0) is 6.42 Å². The van der Waals surface area contributed by atoms with E-state index in [1.807, 2.05) is 12.1 Å². The Morgan fingerprint density at radius 2 is 1.69 bits per heavy atom. The Hall–Kier alpha value is -0.980. The van der Waals surface area contributed by atoms with E-state index >= 15 is 0 Å². The van der Waals surface area contributed by atoms with E-state index in [1.54, 1.807) is 12.1 Å². The molecule has 0 aliphatic heterocycles. The van der Waals surface area contributed by atoms with E-state index < -0.39 is 0 Å². The lowest BCUT2D eigenvalue weighted by atomic mass is 9.89. The van der Waals surface area contributed by atoms with Crippen molar-refractivity contribution in [3.63, 3.8) is 0 Å². The summed E-state index contributed by atoms with van der Waals surface area (Å²) in [4.78, 5) is 0. The highest BCUT2D eigenvalue weighted by Gasteiger charge is 2.08. The fraction of sp³-hybridized carbons (Fsp3) is 0.600. The summed E-state index contributed by atoms with van der Waals surface area (Å²) in [7, 11) is 0. The molecule has 0 fully saturated rings. The Balaban J connectivity index is 2.39. The highest BCUT2D eigenvalue weighted by Crippen LogP contribution is 2.21. The average Bonchev–Trinajstić information content (AvgIpc) is 2.21. The average molecular weight is 220 g/mol. The summed E-state index contributed by atoms with van der Waals surface area (Å²) >= 11 is 0. The van der Waals surface area contributed by atoms with Crippen molar-refractivity contribution in [3.8, 4) is 5.75 Å². The molecular weight excluding hydrogens is 196 g/mol. The minimum absolute atomic E-state index is 0.357. The van der Waals surface area contributed by atoms with Crippen molar-refractivity contribution in [2.45, 2.75) is 46.5 Å². The minimum atomic E-state index is 0.357. The van der Waals surface area contributed by atoms with Crippen molar-refractivity contribution in [1.82, 2.24) is 0 Å². The molecule has 0 heterocycles. The van der Waals surface area contributed by atoms with Crippen LogP contribution >= 0.6 is 0 Å². The topological polar surface area (TPSA) is 20.2 Å². The monoisotopic (exact) mass is 220 g/mol. The van der Waals surface area contributed by atoms with Crippen molar-refractivity contribution in [2.75, 3.05) is 0 Å². The molecule has 2 atom stereocenters. The Bertz CT molecular complexity index is 289. The predicted octanol–water partition coefficient (Wildman–Crippen LogP) is 4.40. The molecule has 1 N–H and O–H groups in total. The van der Waals surface area contributed by atoms with Crippen LogP contribution in [0.2, 0.25) is 0 Å². The largest absolute Gasteiger partial charge is 0.508 e. The van der Waals surface area contributed by atoms with Crippen LogP contribution in [0.4, 0.5) is 0 Å². The number of hydrogen-bond acceptors (Lipinski definition) is 1. The molecule has 0 saturated carbocycles. The lowest BCUT2D eigenvalue weighted by molar-refractivity contribution is 0.390. The summed E-state index contributed by atoms with van der Waals surface area (Å²) in [6.45, 7) is 6.91. The molecule has 2 unspecified atom stereocenters. The second kappa shape index (κ2) is 6.57. The molecule has 0 aliphatic rings. The van der Waals surface area contributed by atoms with Crippen LogP contribution in [0.1, 0.15) is 45.6 Å². The van der Waals surface area contributed by atoms with Gasteiger partial charge < -0.3 is 5.11 Å². The molecular formula is C15H24O. The van der Waals surface area contributed by atoms with Gasteiger partial charge in [-0.1, -0.05) is 45.7 Å². The van der Waals surface area contributed by atoms with Gasteiger partial charge >= 0.3 is 0 Å². The van der Waals surface area contributed by atoms with Gasteiger partial charge in [-0.05, 0) is 42.4 Å². The van der Waals surface area contributed by atoms with Crippen LogP contribution < -0.4 is 0 Å². The van der Waals surface area contributed by atoms with Gasteiger partial charge in [-0.3, -0.25) is 0 Å². The fourth-order valence-electron chi connectivity index (χ4n) is 2.42. The highest BCUT2D eigenvalue weighted by atomic mass is 16.3. The molecule has 0 saturated heterocycles. The minimum Gasteiger partial charge on any atom is -0.508 e. The van der Waals surface area contributed by atoms with Crippen LogP contribution in [0, 0.1) is 11.8 Å². The zero-order valence-corrected chi connectivity index (χ0v) is 10.7. The molecule has 0 bridgehead atoms. The summed E-state index contributed by atoms with van der Waals surface area (Å²) < 4.78 is 0. The van der Waals surface area contributed by atoms with Gasteiger partial charge in [0.15, 0.2) is 0 Å². The Morgan fingerprint density at radius 1 is 1.06 bits per heavy atom. The van der Waals surface area contributed by atoms with Gasteiger partial charge in [-0.2, -0.15) is 0 Å². The molecule has 0 spiro atoms. The molecule has 0 aromatic heterocycles. The smallest absolute Gasteiger partial charge is 0.115 e. The summed E-state index contributed by atoms with van der Waals surface area (Å²) in [5, 5.41) is 9.21. The molecule has 0 aliphatic carbocycles. The normalized spacial score (nSPS) is 14.7. The summed E-state index contributed by atoms with van der Waals surface area (Å²) in [5.41, 5.74) is 1.33. The van der Waals surface area contributed by atoms with Gasteiger partial charge in [0, 0.05) is 0 Å². The van der Waals surface area contributed by atoms with E-state index in [0.29, 0.717) is 5.75 Å². The SMILES string of the molecule is CCCC(C)CC(C)Cc1ccc(O)cc1. The number of phenols is 1. The first-order chi connectivity index (χ1) is 7.61. The van der Waals surface area contributed by atoms with Gasteiger partial charge in [0.25, 0.3) is 0 Å². The summed E-state index contributed by atoms with van der Waals surface area (Å²) in [5.74, 6) is 1.92. The zero-order chi connectivity index (χ0) is 12.0. The van der Waals surface area contributed by atoms with E-state index in [0.717, 1.165) is 18.3 Å². The first-order valence-electron chi connectivity index (χ1n) is 6.39. The third kappa shape index (κ3) is 4.69. The number of benzene rings is 1. The quantitative estimate of drug-likeness (QED) is 0.753. The van der Waals surface area contributed by atoms with Crippen molar-refractivity contribution in [3.05, 3.63) is 29.8 Å². The first kappa shape index (κ1) is 13.1. The molecule has 16 heavy (non-hydrogen) atoms. The van der Waals surface area contributed by atoms with Gasteiger partial charge in [-0.25, -0.2) is 0 Å². The number of phenolic OH excluding ortho intramolecular Hbond substituents is 1. The van der Waals surface area contributed by atoms with Crippen LogP contribution in [0.3, 0.4) is 0 Å². The lowest BCUT2D eigenvalue weighted by Gasteiger charge is -2.16. The number of rotatable bonds is 6. The third-order valence-corrected chi connectivity index (χ3v) is 3.11. The standard InChI is InChI=1S/C15H24O/c1-4-5-12(2)10-13(3)11-14-6-8-15(16)9-7-14/h6-9,12-13,16H,4-5,10-11H2,1-3H3. The van der Waals surface area contributed by atoms with Crippen LogP contribution in [0.25, 0.3) is 0 Å². The van der Waals surface area contributed by atoms with Gasteiger partial charge in [-0.15, -0.1) is 0 Å². The van der Waals surface area contributed by atoms with E-state index in [9.17, 15) is 5.11 Å². The molecule has 1 aromatic rings. The van der Waals surface area contributed by atoms with Crippen molar-refractivity contribution in [1.29, 1.82) is 0 Å². The fourth-order valence-corrected chi connectivity index (χ4v) is 2.42. The van der Waals surface area contributed by atoms with Crippen LogP contribution in [0.5, 0.6) is 5.75 Å². The molecule has 1 nitrogen and oxygen atoms in total. The Morgan fingerprint density at radius 3 is 2.25 bits per heavy atom. The van der Waals surface area contributed by atoms with Crippen molar-refractivity contribution < 1.29 is 5.11 Å². The van der Waals surface area contributed by atoms with Crippen LogP contribution in [0.15, 0.2) is 24.3 Å². The molecule has 0 radical (unpaired) electrons. The Kier molecular flexibility index (Phi) is 5.37. The zero-order valence-electron chi connectivity index (χ0n) is 10.7. The molecule has 90 valence electrons. The summed E-state index contributed by atoms with van der Waals surface area (Å²) in [6.07, 6.45) is 5.04. The first-order valence-corrected chi connectivity index (χ1v) is 6.39. The lowest BCUT2D eigenvalue weighted by Crippen LogP contribution is -2.06. The van der Waals surface area contributed by atoms with Gasteiger partial charge in [0.2, 0.25) is 0 Å². The third-order valence-electron chi connectivity index (χ3n) is 3.11. The maximum atomic E-state index is 9.21. The molecule has 1 rings (SSSR count). The Labute approximate surface area is 99.5 Å². The maximum absolute atomic E-state index is 9.21. The highest BCUT2D eigenvalue weighted by molar-refractivity contribution is 5.26. The van der Waals surface area contributed by atoms with E-state index in [-0.39, 0.29) is 0 Å². The number of hydrogen-bond donors (Lipinski definition) is 1. The molecule has 0 amide bonds.